The van der Waals surface area contributed by atoms with Crippen LogP contribution in [0.4, 0.5) is 0 Å². The number of aliphatic carboxylic acids is 1. The maximum Gasteiger partial charge on any atom is 0.303 e. The van der Waals surface area contributed by atoms with Crippen molar-refractivity contribution in [1.82, 2.24) is 0 Å². The summed E-state index contributed by atoms with van der Waals surface area (Å²) in [6.45, 7) is 2.15. The van der Waals surface area contributed by atoms with Crippen LogP contribution in [0.5, 0.6) is 0 Å². The van der Waals surface area contributed by atoms with Gasteiger partial charge in [-0.1, -0.05) is 62.6 Å². The molecular formula is C18H30LaO2. The second kappa shape index (κ2) is 19.9. The van der Waals surface area contributed by atoms with Crippen LogP contribution in [-0.4, -0.2) is 11.1 Å². The largest absolute Gasteiger partial charge is 0.481 e. The fraction of sp³-hybridized carbons (Fsp3) is 0.611. The molecule has 0 aromatic rings. The molecule has 0 amide bonds. The molecule has 2 nitrogen and oxygen atoms in total. The third-order valence-corrected chi connectivity index (χ3v) is 3.04. The van der Waals surface area contributed by atoms with E-state index in [9.17, 15) is 4.79 Å². The summed E-state index contributed by atoms with van der Waals surface area (Å²) in [4.78, 5) is 10.3. The van der Waals surface area contributed by atoms with Crippen LogP contribution >= 0.6 is 0 Å². The van der Waals surface area contributed by atoms with Gasteiger partial charge >= 0.3 is 5.97 Å². The zero-order valence-electron chi connectivity index (χ0n) is 13.5. The molecule has 0 aliphatic carbocycles. The van der Waals surface area contributed by atoms with Crippen LogP contribution in [0.15, 0.2) is 36.5 Å². The molecule has 0 saturated heterocycles. The molecule has 117 valence electrons. The summed E-state index contributed by atoms with van der Waals surface area (Å²) in [5.41, 5.74) is 0. The Balaban J connectivity index is 0. The monoisotopic (exact) mass is 417 g/mol. The van der Waals surface area contributed by atoms with Crippen LogP contribution in [0.3, 0.4) is 0 Å². The smallest absolute Gasteiger partial charge is 0.303 e. The summed E-state index contributed by atoms with van der Waals surface area (Å²) in [6, 6.07) is 0. The van der Waals surface area contributed by atoms with Gasteiger partial charge in [0.15, 0.2) is 0 Å². The topological polar surface area (TPSA) is 37.3 Å². The molecule has 0 aliphatic rings. The molecule has 0 aromatic carbocycles. The van der Waals surface area contributed by atoms with Crippen molar-refractivity contribution in [2.75, 3.05) is 0 Å². The molecule has 0 spiro atoms. The first kappa shape index (κ1) is 23.2. The van der Waals surface area contributed by atoms with Crippen molar-refractivity contribution in [3.8, 4) is 0 Å². The van der Waals surface area contributed by atoms with E-state index in [4.69, 9.17) is 5.11 Å². The maximum atomic E-state index is 10.3. The first-order chi connectivity index (χ1) is 9.77. The normalized spacial score (nSPS) is 11.5. The van der Waals surface area contributed by atoms with E-state index in [2.05, 4.69) is 43.4 Å². The van der Waals surface area contributed by atoms with Gasteiger partial charge in [0.1, 0.15) is 0 Å². The minimum Gasteiger partial charge on any atom is -0.481 e. The van der Waals surface area contributed by atoms with E-state index in [-0.39, 0.29) is 35.6 Å². The molecular weight excluding hydrogens is 387 g/mol. The predicted molar refractivity (Wildman–Crippen MR) is 86.9 cm³/mol. The quantitative estimate of drug-likeness (QED) is 0.310. The van der Waals surface area contributed by atoms with Gasteiger partial charge in [-0.05, 0) is 38.5 Å². The van der Waals surface area contributed by atoms with E-state index < -0.39 is 5.97 Å². The molecule has 0 aromatic heterocycles. The summed E-state index contributed by atoms with van der Waals surface area (Å²) in [5.74, 6) is -0.675. The molecule has 0 rings (SSSR count). The van der Waals surface area contributed by atoms with Gasteiger partial charge in [0, 0.05) is 42.0 Å². The van der Waals surface area contributed by atoms with Gasteiger partial charge in [-0.25, -0.2) is 0 Å². The second-order valence-corrected chi connectivity index (χ2v) is 4.99. The Hall–Kier alpha value is -0.115. The van der Waals surface area contributed by atoms with E-state index in [1.807, 2.05) is 0 Å². The molecule has 0 atom stereocenters. The van der Waals surface area contributed by atoms with Crippen LogP contribution in [0, 0.1) is 35.6 Å². The standard InChI is InChI=1S/C18H30O2.La/c1-2-3-4-5-6-7-8-9-10-11-12-13-14-15-16-17-18(19)20;/h3-4,6-7,9-10H,2,5,8,11-17H2,1H3,(H,19,20);/b4-3-,7-6-,10-9-;. The number of carboxylic acid groups (broad SMARTS) is 1. The Labute approximate surface area is 158 Å². The first-order valence-electron chi connectivity index (χ1n) is 7.94. The van der Waals surface area contributed by atoms with Crippen molar-refractivity contribution in [3.63, 3.8) is 0 Å². The summed E-state index contributed by atoms with van der Waals surface area (Å²) >= 11 is 0. The van der Waals surface area contributed by atoms with E-state index in [1.54, 1.807) is 0 Å². The Morgan fingerprint density at radius 2 is 1.33 bits per heavy atom. The van der Waals surface area contributed by atoms with E-state index >= 15 is 0 Å². The van der Waals surface area contributed by atoms with Gasteiger partial charge in [0.05, 0.1) is 0 Å². The fourth-order valence-electron chi connectivity index (χ4n) is 1.90. The number of rotatable bonds is 13. The molecule has 0 aliphatic heterocycles. The van der Waals surface area contributed by atoms with Crippen molar-refractivity contribution < 1.29 is 45.5 Å². The van der Waals surface area contributed by atoms with Gasteiger partial charge in [0.25, 0.3) is 0 Å². The average molecular weight is 417 g/mol. The van der Waals surface area contributed by atoms with Gasteiger partial charge in [-0.3, -0.25) is 4.79 Å². The van der Waals surface area contributed by atoms with E-state index in [1.165, 1.54) is 12.8 Å². The minimum atomic E-state index is -0.675. The van der Waals surface area contributed by atoms with Crippen LogP contribution < -0.4 is 0 Å². The molecule has 0 unspecified atom stereocenters. The van der Waals surface area contributed by atoms with E-state index in [0.717, 1.165) is 44.9 Å². The van der Waals surface area contributed by atoms with Crippen molar-refractivity contribution in [3.05, 3.63) is 36.5 Å². The Morgan fingerprint density at radius 1 is 0.810 bits per heavy atom. The summed E-state index contributed by atoms with van der Waals surface area (Å²) in [6.07, 6.45) is 23.4. The summed E-state index contributed by atoms with van der Waals surface area (Å²) < 4.78 is 0. The number of hydrogen-bond donors (Lipinski definition) is 1. The van der Waals surface area contributed by atoms with Crippen molar-refractivity contribution in [1.29, 1.82) is 0 Å². The molecule has 3 heteroatoms. The number of allylic oxidation sites excluding steroid dienone is 6. The van der Waals surface area contributed by atoms with E-state index in [0.29, 0.717) is 6.42 Å². The molecule has 1 radical (unpaired) electrons. The van der Waals surface area contributed by atoms with Crippen LogP contribution in [0.25, 0.3) is 0 Å². The molecule has 0 fully saturated rings. The van der Waals surface area contributed by atoms with Crippen LogP contribution in [0.1, 0.15) is 71.1 Å². The number of carbonyl (C=O) groups is 1. The van der Waals surface area contributed by atoms with Crippen LogP contribution in [0.2, 0.25) is 0 Å². The number of unbranched alkanes of at least 4 members (excludes halogenated alkanes) is 5. The van der Waals surface area contributed by atoms with Crippen molar-refractivity contribution in [2.24, 2.45) is 0 Å². The first-order valence-corrected chi connectivity index (χ1v) is 7.94. The average Bonchev–Trinajstić information content (AvgIpc) is 2.43. The fourth-order valence-corrected chi connectivity index (χ4v) is 1.90. The zero-order chi connectivity index (χ0) is 14.9. The number of hydrogen-bond acceptors (Lipinski definition) is 1. The molecule has 0 bridgehead atoms. The molecule has 1 N–H and O–H groups in total. The van der Waals surface area contributed by atoms with Crippen molar-refractivity contribution in [2.45, 2.75) is 71.1 Å². The molecule has 0 saturated carbocycles. The van der Waals surface area contributed by atoms with Gasteiger partial charge in [-0.2, -0.15) is 0 Å². The maximum absolute atomic E-state index is 10.3. The summed E-state index contributed by atoms with van der Waals surface area (Å²) in [5, 5.41) is 8.50. The predicted octanol–water partition coefficient (Wildman–Crippen LogP) is 5.66. The van der Waals surface area contributed by atoms with Gasteiger partial charge < -0.3 is 5.11 Å². The Bertz CT molecular complexity index is 306. The molecule has 0 heterocycles. The SMILES string of the molecule is CC/C=C\C/C=C\C/C=C\CCCCCCCC(=O)O.[La]. The van der Waals surface area contributed by atoms with Gasteiger partial charge in [0.2, 0.25) is 0 Å². The third kappa shape index (κ3) is 22.3. The van der Waals surface area contributed by atoms with Crippen molar-refractivity contribution >= 4 is 5.97 Å². The minimum absolute atomic E-state index is 0. The summed E-state index contributed by atoms with van der Waals surface area (Å²) in [7, 11) is 0. The number of carboxylic acids is 1. The third-order valence-electron chi connectivity index (χ3n) is 3.04. The Morgan fingerprint density at radius 3 is 1.95 bits per heavy atom. The Kier molecular flexibility index (Phi) is 21.9. The second-order valence-electron chi connectivity index (χ2n) is 4.99. The molecule has 21 heavy (non-hydrogen) atoms. The zero-order valence-corrected chi connectivity index (χ0v) is 17.1. The van der Waals surface area contributed by atoms with Crippen LogP contribution in [-0.2, 0) is 4.79 Å². The van der Waals surface area contributed by atoms with Gasteiger partial charge in [-0.15, -0.1) is 0 Å².